The summed E-state index contributed by atoms with van der Waals surface area (Å²) < 4.78 is 11.0. The van der Waals surface area contributed by atoms with Crippen molar-refractivity contribution in [2.75, 3.05) is 45.9 Å². The summed E-state index contributed by atoms with van der Waals surface area (Å²) in [7, 11) is 0. The highest BCUT2D eigenvalue weighted by atomic mass is 16.5. The first kappa shape index (κ1) is 16.1. The fourth-order valence-electron chi connectivity index (χ4n) is 2.82. The van der Waals surface area contributed by atoms with Crippen molar-refractivity contribution in [1.29, 1.82) is 0 Å². The molecule has 0 spiro atoms. The molecule has 0 unspecified atom stereocenters. The largest absolute Gasteiger partial charge is 0.492 e. The molecule has 1 saturated heterocycles. The molecule has 23 heavy (non-hydrogen) atoms. The minimum Gasteiger partial charge on any atom is -0.492 e. The minimum absolute atomic E-state index is 0.544. The van der Waals surface area contributed by atoms with Gasteiger partial charge in [0.05, 0.1) is 6.26 Å². The Labute approximate surface area is 137 Å². The monoisotopic (exact) mass is 316 g/mol. The second-order valence-corrected chi connectivity index (χ2v) is 5.83. The molecule has 124 valence electrons. The third-order valence-corrected chi connectivity index (χ3v) is 4.19. The van der Waals surface area contributed by atoms with E-state index >= 15 is 0 Å². The first-order valence-corrected chi connectivity index (χ1v) is 8.15. The maximum Gasteiger partial charge on any atom is 0.133 e. The van der Waals surface area contributed by atoms with Crippen LogP contribution < -0.4 is 4.74 Å². The van der Waals surface area contributed by atoms with Crippen LogP contribution in [0.3, 0.4) is 0 Å². The molecule has 1 aromatic carbocycles. The normalized spacial score (nSPS) is 18.0. The van der Waals surface area contributed by atoms with Gasteiger partial charge in [-0.2, -0.15) is 0 Å². The van der Waals surface area contributed by atoms with E-state index in [9.17, 15) is 5.11 Å². The average molecular weight is 316 g/mol. The number of para-hydroxylation sites is 1. The number of ether oxygens (including phenoxy) is 1. The van der Waals surface area contributed by atoms with Gasteiger partial charge in [0.25, 0.3) is 0 Å². The molecule has 1 N–H and O–H groups in total. The van der Waals surface area contributed by atoms with Gasteiger partial charge < -0.3 is 14.3 Å². The lowest BCUT2D eigenvalue weighted by Crippen LogP contribution is -2.48. The fourth-order valence-corrected chi connectivity index (χ4v) is 2.82. The van der Waals surface area contributed by atoms with Gasteiger partial charge in [0, 0.05) is 39.3 Å². The number of aliphatic hydroxyl groups excluding tert-OH is 1. The zero-order valence-electron chi connectivity index (χ0n) is 13.3. The SMILES string of the molecule is O[C@H](CN1CCN(CCOc2ccccc2)CC1)c1ccco1. The van der Waals surface area contributed by atoms with Gasteiger partial charge in [0.2, 0.25) is 0 Å². The van der Waals surface area contributed by atoms with Crippen molar-refractivity contribution in [3.8, 4) is 5.75 Å². The number of hydrogen-bond acceptors (Lipinski definition) is 5. The summed E-state index contributed by atoms with van der Waals surface area (Å²) in [6.45, 7) is 6.20. The second-order valence-electron chi connectivity index (χ2n) is 5.83. The zero-order valence-corrected chi connectivity index (χ0v) is 13.3. The van der Waals surface area contributed by atoms with Gasteiger partial charge in [-0.1, -0.05) is 18.2 Å². The number of piperazine rings is 1. The maximum atomic E-state index is 10.1. The number of nitrogens with zero attached hydrogens (tertiary/aromatic N) is 2. The predicted molar refractivity (Wildman–Crippen MR) is 88.5 cm³/mol. The van der Waals surface area contributed by atoms with Crippen LogP contribution in [0.5, 0.6) is 5.75 Å². The molecule has 5 nitrogen and oxygen atoms in total. The van der Waals surface area contributed by atoms with Crippen molar-refractivity contribution in [3.63, 3.8) is 0 Å². The number of furan rings is 1. The quantitative estimate of drug-likeness (QED) is 0.847. The van der Waals surface area contributed by atoms with E-state index in [1.165, 1.54) is 0 Å². The Kier molecular flexibility index (Phi) is 5.69. The third-order valence-electron chi connectivity index (χ3n) is 4.19. The van der Waals surface area contributed by atoms with Crippen LogP contribution in [0.2, 0.25) is 0 Å². The summed E-state index contributed by atoms with van der Waals surface area (Å²) in [6, 6.07) is 13.5. The Bertz CT molecular complexity index is 551. The number of benzene rings is 1. The third kappa shape index (κ3) is 4.82. The molecule has 3 rings (SSSR count). The van der Waals surface area contributed by atoms with Crippen molar-refractivity contribution in [1.82, 2.24) is 9.80 Å². The van der Waals surface area contributed by atoms with Gasteiger partial charge in [0.1, 0.15) is 24.2 Å². The standard InChI is InChI=1S/C18H24N2O3/c21-17(18-7-4-13-23-18)15-20-10-8-19(9-11-20)12-14-22-16-5-2-1-3-6-16/h1-7,13,17,21H,8-12,14-15H2/t17-/m1/s1. The van der Waals surface area contributed by atoms with E-state index in [4.69, 9.17) is 9.15 Å². The average Bonchev–Trinajstić information content (AvgIpc) is 3.12. The molecule has 0 amide bonds. The van der Waals surface area contributed by atoms with Crippen LogP contribution in [0.1, 0.15) is 11.9 Å². The lowest BCUT2D eigenvalue weighted by atomic mass is 10.2. The van der Waals surface area contributed by atoms with Crippen LogP contribution in [-0.4, -0.2) is 60.8 Å². The van der Waals surface area contributed by atoms with Crippen molar-refractivity contribution < 1.29 is 14.3 Å². The topological polar surface area (TPSA) is 49.1 Å². The van der Waals surface area contributed by atoms with E-state index in [0.717, 1.165) is 38.5 Å². The molecule has 1 fully saturated rings. The summed E-state index contributed by atoms with van der Waals surface area (Å²) in [6.07, 6.45) is 1.06. The van der Waals surface area contributed by atoms with Gasteiger partial charge in [-0.25, -0.2) is 0 Å². The lowest BCUT2D eigenvalue weighted by molar-refractivity contribution is 0.0580. The summed E-state index contributed by atoms with van der Waals surface area (Å²) in [5.74, 6) is 1.57. The molecule has 1 aromatic heterocycles. The molecule has 0 radical (unpaired) electrons. The summed E-state index contributed by atoms with van der Waals surface area (Å²) in [4.78, 5) is 4.68. The number of aliphatic hydroxyl groups is 1. The fraction of sp³-hybridized carbons (Fsp3) is 0.444. The van der Waals surface area contributed by atoms with Crippen LogP contribution in [0.25, 0.3) is 0 Å². The zero-order chi connectivity index (χ0) is 15.9. The van der Waals surface area contributed by atoms with E-state index in [-0.39, 0.29) is 0 Å². The Morgan fingerprint density at radius 2 is 1.74 bits per heavy atom. The molecule has 1 aliphatic rings. The highest BCUT2D eigenvalue weighted by Gasteiger charge is 2.20. The number of β-amino-alcohol motifs (C(OH)–C–C–N with tert-alkyl or cyclic N) is 1. The van der Waals surface area contributed by atoms with Crippen molar-refractivity contribution in [2.45, 2.75) is 6.10 Å². The number of rotatable bonds is 7. The summed E-state index contributed by atoms with van der Waals surface area (Å²) in [5, 5.41) is 10.1. The minimum atomic E-state index is -0.544. The van der Waals surface area contributed by atoms with Crippen LogP contribution in [0, 0.1) is 0 Å². The van der Waals surface area contributed by atoms with E-state index in [0.29, 0.717) is 18.9 Å². The highest BCUT2D eigenvalue weighted by Crippen LogP contribution is 2.15. The summed E-state index contributed by atoms with van der Waals surface area (Å²) in [5.41, 5.74) is 0. The first-order valence-electron chi connectivity index (χ1n) is 8.15. The molecule has 2 heterocycles. The Morgan fingerprint density at radius 3 is 2.43 bits per heavy atom. The van der Waals surface area contributed by atoms with E-state index < -0.39 is 6.10 Å². The van der Waals surface area contributed by atoms with E-state index in [1.807, 2.05) is 42.5 Å². The molecule has 0 saturated carbocycles. The van der Waals surface area contributed by atoms with E-state index in [2.05, 4.69) is 9.80 Å². The van der Waals surface area contributed by atoms with Gasteiger partial charge >= 0.3 is 0 Å². The van der Waals surface area contributed by atoms with Crippen molar-refractivity contribution in [2.24, 2.45) is 0 Å². The predicted octanol–water partition coefficient (Wildman–Crippen LogP) is 2.01. The Balaban J connectivity index is 1.34. The second kappa shape index (κ2) is 8.15. The van der Waals surface area contributed by atoms with Gasteiger partial charge in [-0.05, 0) is 24.3 Å². The Hall–Kier alpha value is -1.82. The first-order chi connectivity index (χ1) is 11.3. The molecule has 2 aromatic rings. The lowest BCUT2D eigenvalue weighted by Gasteiger charge is -2.35. The Morgan fingerprint density at radius 1 is 1.00 bits per heavy atom. The van der Waals surface area contributed by atoms with Crippen LogP contribution in [-0.2, 0) is 0 Å². The molecule has 1 aliphatic heterocycles. The van der Waals surface area contributed by atoms with Gasteiger partial charge in [-0.15, -0.1) is 0 Å². The van der Waals surface area contributed by atoms with Gasteiger partial charge in [-0.3, -0.25) is 9.80 Å². The molecule has 0 bridgehead atoms. The summed E-state index contributed by atoms with van der Waals surface area (Å²) >= 11 is 0. The smallest absolute Gasteiger partial charge is 0.133 e. The number of hydrogen-bond donors (Lipinski definition) is 1. The highest BCUT2D eigenvalue weighted by molar-refractivity contribution is 5.20. The molecule has 0 aliphatic carbocycles. The van der Waals surface area contributed by atoms with Crippen LogP contribution >= 0.6 is 0 Å². The molecular weight excluding hydrogens is 292 g/mol. The molecular formula is C18H24N2O3. The van der Waals surface area contributed by atoms with E-state index in [1.54, 1.807) is 6.26 Å². The van der Waals surface area contributed by atoms with Crippen molar-refractivity contribution >= 4 is 0 Å². The van der Waals surface area contributed by atoms with Crippen molar-refractivity contribution in [3.05, 3.63) is 54.5 Å². The molecule has 5 heteroatoms. The van der Waals surface area contributed by atoms with Gasteiger partial charge in [0.15, 0.2) is 0 Å². The maximum absolute atomic E-state index is 10.1. The molecule has 1 atom stereocenters. The van der Waals surface area contributed by atoms with Crippen LogP contribution in [0.15, 0.2) is 53.1 Å². The van der Waals surface area contributed by atoms with Crippen LogP contribution in [0.4, 0.5) is 0 Å².